The summed E-state index contributed by atoms with van der Waals surface area (Å²) in [6.07, 6.45) is 9.76. The van der Waals surface area contributed by atoms with Crippen molar-refractivity contribution in [2.45, 2.75) is 88.0 Å². The lowest BCUT2D eigenvalue weighted by molar-refractivity contribution is -0.0543. The fourth-order valence-corrected chi connectivity index (χ4v) is 3.75. The minimum atomic E-state index is 0.344. The van der Waals surface area contributed by atoms with Gasteiger partial charge in [-0.25, -0.2) is 0 Å². The van der Waals surface area contributed by atoms with Crippen molar-refractivity contribution >= 4 is 15.9 Å². The molecule has 2 nitrogen and oxygen atoms in total. The first-order chi connectivity index (χ1) is 8.24. The molecule has 0 aromatic rings. The summed E-state index contributed by atoms with van der Waals surface area (Å²) in [5, 5.41) is 0. The third-order valence-electron chi connectivity index (χ3n) is 4.04. The molecule has 0 spiro atoms. The highest BCUT2D eigenvalue weighted by Crippen LogP contribution is 2.35. The van der Waals surface area contributed by atoms with Gasteiger partial charge in [0.05, 0.1) is 24.4 Å². The maximum absolute atomic E-state index is 6.28. The molecule has 2 unspecified atom stereocenters. The average molecular weight is 305 g/mol. The number of fused-ring (bicyclic) bond motifs is 2. The van der Waals surface area contributed by atoms with E-state index < -0.39 is 0 Å². The van der Waals surface area contributed by atoms with E-state index in [-0.39, 0.29) is 0 Å². The summed E-state index contributed by atoms with van der Waals surface area (Å²) in [5.41, 5.74) is 0. The van der Waals surface area contributed by atoms with Crippen LogP contribution in [0.25, 0.3) is 0 Å². The molecule has 0 aromatic heterocycles. The molecule has 2 heterocycles. The van der Waals surface area contributed by atoms with Gasteiger partial charge in [-0.3, -0.25) is 0 Å². The quantitative estimate of drug-likeness (QED) is 0.729. The van der Waals surface area contributed by atoms with Gasteiger partial charge in [-0.1, -0.05) is 42.6 Å². The Kier molecular flexibility index (Phi) is 5.31. The SMILES string of the molecule is CCCC[C@@H]1O[C@@H]2CCC(Br)C(CC)O[C@H]1C2. The molecule has 2 fully saturated rings. The van der Waals surface area contributed by atoms with Gasteiger partial charge in [0.15, 0.2) is 0 Å². The van der Waals surface area contributed by atoms with E-state index in [1.807, 2.05) is 0 Å². The average Bonchev–Trinajstić information content (AvgIpc) is 2.72. The van der Waals surface area contributed by atoms with E-state index in [1.165, 1.54) is 32.1 Å². The molecule has 2 bridgehead atoms. The molecule has 100 valence electrons. The molecule has 17 heavy (non-hydrogen) atoms. The normalized spacial score (nSPS) is 42.2. The van der Waals surface area contributed by atoms with Crippen molar-refractivity contribution in [1.82, 2.24) is 0 Å². The largest absolute Gasteiger partial charge is 0.372 e. The number of halogens is 1. The van der Waals surface area contributed by atoms with E-state index in [1.54, 1.807) is 0 Å². The van der Waals surface area contributed by atoms with Crippen LogP contribution in [0.1, 0.15) is 58.8 Å². The molecular weight excluding hydrogens is 280 g/mol. The molecule has 2 rings (SSSR count). The van der Waals surface area contributed by atoms with Gasteiger partial charge < -0.3 is 9.47 Å². The smallest absolute Gasteiger partial charge is 0.0865 e. The second-order valence-electron chi connectivity index (χ2n) is 5.39. The Morgan fingerprint density at radius 2 is 1.94 bits per heavy atom. The van der Waals surface area contributed by atoms with Gasteiger partial charge in [0.25, 0.3) is 0 Å². The Morgan fingerprint density at radius 3 is 2.65 bits per heavy atom. The fourth-order valence-electron chi connectivity index (χ4n) is 2.98. The van der Waals surface area contributed by atoms with Crippen molar-refractivity contribution in [2.75, 3.05) is 0 Å². The van der Waals surface area contributed by atoms with Crippen LogP contribution in [0.5, 0.6) is 0 Å². The van der Waals surface area contributed by atoms with Crippen LogP contribution in [0.2, 0.25) is 0 Å². The van der Waals surface area contributed by atoms with Crippen molar-refractivity contribution in [2.24, 2.45) is 0 Å². The fraction of sp³-hybridized carbons (Fsp3) is 1.00. The zero-order chi connectivity index (χ0) is 12.3. The van der Waals surface area contributed by atoms with Crippen LogP contribution in [0, 0.1) is 0 Å². The van der Waals surface area contributed by atoms with Gasteiger partial charge >= 0.3 is 0 Å². The molecule has 0 N–H and O–H groups in total. The number of rotatable bonds is 4. The lowest BCUT2D eigenvalue weighted by atomic mass is 9.99. The Labute approximate surface area is 114 Å². The molecule has 3 heteroatoms. The summed E-state index contributed by atoms with van der Waals surface area (Å²) >= 11 is 3.77. The highest BCUT2D eigenvalue weighted by Gasteiger charge is 2.39. The minimum Gasteiger partial charge on any atom is -0.372 e. The van der Waals surface area contributed by atoms with Crippen LogP contribution in [0.4, 0.5) is 0 Å². The number of hydrogen-bond acceptors (Lipinski definition) is 2. The molecule has 0 radical (unpaired) electrons. The number of unbranched alkanes of at least 4 members (excludes halogenated alkanes) is 1. The predicted octanol–water partition coefficient (Wildman–Crippen LogP) is 4.06. The third-order valence-corrected chi connectivity index (χ3v) is 5.09. The Hall–Kier alpha value is 0.400. The monoisotopic (exact) mass is 304 g/mol. The lowest BCUT2D eigenvalue weighted by Crippen LogP contribution is -2.34. The van der Waals surface area contributed by atoms with Crippen LogP contribution in [0.3, 0.4) is 0 Å². The second kappa shape index (κ2) is 6.53. The first-order valence-corrected chi connectivity index (χ1v) is 8.11. The molecule has 0 aliphatic carbocycles. The number of alkyl halides is 1. The molecule has 2 saturated heterocycles. The van der Waals surface area contributed by atoms with Gasteiger partial charge in [-0.2, -0.15) is 0 Å². The van der Waals surface area contributed by atoms with Crippen molar-refractivity contribution in [1.29, 1.82) is 0 Å². The number of ether oxygens (including phenoxy) is 2. The molecule has 2 aliphatic heterocycles. The van der Waals surface area contributed by atoms with Crippen LogP contribution in [-0.4, -0.2) is 29.2 Å². The van der Waals surface area contributed by atoms with Gasteiger partial charge in [-0.15, -0.1) is 0 Å². The van der Waals surface area contributed by atoms with Gasteiger partial charge in [0.1, 0.15) is 0 Å². The third kappa shape index (κ3) is 3.45. The van der Waals surface area contributed by atoms with E-state index in [0.29, 0.717) is 29.2 Å². The highest BCUT2D eigenvalue weighted by molar-refractivity contribution is 9.09. The van der Waals surface area contributed by atoms with Crippen LogP contribution >= 0.6 is 15.9 Å². The molecule has 0 aromatic carbocycles. The van der Waals surface area contributed by atoms with Crippen molar-refractivity contribution in [3.63, 3.8) is 0 Å². The van der Waals surface area contributed by atoms with Crippen molar-refractivity contribution in [3.8, 4) is 0 Å². The van der Waals surface area contributed by atoms with Crippen molar-refractivity contribution < 1.29 is 9.47 Å². The molecule has 2 aliphatic rings. The van der Waals surface area contributed by atoms with E-state index in [2.05, 4.69) is 29.8 Å². The summed E-state index contributed by atoms with van der Waals surface area (Å²) < 4.78 is 12.4. The van der Waals surface area contributed by atoms with E-state index >= 15 is 0 Å². The predicted molar refractivity (Wildman–Crippen MR) is 73.7 cm³/mol. The minimum absolute atomic E-state index is 0.344. The Balaban J connectivity index is 1.96. The van der Waals surface area contributed by atoms with Gasteiger partial charge in [0, 0.05) is 11.2 Å². The second-order valence-corrected chi connectivity index (χ2v) is 6.57. The summed E-state index contributed by atoms with van der Waals surface area (Å²) in [6.45, 7) is 4.46. The van der Waals surface area contributed by atoms with E-state index in [4.69, 9.17) is 9.47 Å². The van der Waals surface area contributed by atoms with Crippen LogP contribution in [0.15, 0.2) is 0 Å². The van der Waals surface area contributed by atoms with E-state index in [0.717, 1.165) is 12.8 Å². The maximum Gasteiger partial charge on any atom is 0.0865 e. The zero-order valence-corrected chi connectivity index (χ0v) is 12.6. The first-order valence-electron chi connectivity index (χ1n) is 7.19. The molecular formula is C14H25BrO2. The number of hydrogen-bond donors (Lipinski definition) is 0. The van der Waals surface area contributed by atoms with Crippen LogP contribution < -0.4 is 0 Å². The van der Waals surface area contributed by atoms with Crippen molar-refractivity contribution in [3.05, 3.63) is 0 Å². The first kappa shape index (κ1) is 13.8. The summed E-state index contributed by atoms with van der Waals surface area (Å²) in [7, 11) is 0. The van der Waals surface area contributed by atoms with Crippen LogP contribution in [-0.2, 0) is 9.47 Å². The highest BCUT2D eigenvalue weighted by atomic mass is 79.9. The lowest BCUT2D eigenvalue weighted by Gasteiger charge is -2.28. The summed E-state index contributed by atoms with van der Waals surface area (Å²) in [4.78, 5) is 0.506. The van der Waals surface area contributed by atoms with Gasteiger partial charge in [0.2, 0.25) is 0 Å². The summed E-state index contributed by atoms with van der Waals surface area (Å²) in [6, 6.07) is 0. The maximum atomic E-state index is 6.28. The molecule has 0 amide bonds. The van der Waals surface area contributed by atoms with E-state index in [9.17, 15) is 0 Å². The standard InChI is InChI=1S/C14H25BrO2/c1-3-5-6-13-14-9-10(16-13)7-8-11(15)12(4-2)17-14/h10-14H,3-9H2,1-2H3/t10-,11?,12?,13+,14+/m1/s1. The topological polar surface area (TPSA) is 18.5 Å². The Morgan fingerprint density at radius 1 is 1.12 bits per heavy atom. The Bertz CT molecular complexity index is 232. The summed E-state index contributed by atoms with van der Waals surface area (Å²) in [5.74, 6) is 0. The van der Waals surface area contributed by atoms with Gasteiger partial charge in [-0.05, 0) is 25.7 Å². The zero-order valence-electron chi connectivity index (χ0n) is 11.0. The molecule has 5 atom stereocenters. The molecule has 0 saturated carbocycles.